The van der Waals surface area contributed by atoms with Crippen molar-refractivity contribution in [2.45, 2.75) is 25.4 Å². The summed E-state index contributed by atoms with van der Waals surface area (Å²) in [6.07, 6.45) is 0.886. The summed E-state index contributed by atoms with van der Waals surface area (Å²) in [5.41, 5.74) is 2.56. The Morgan fingerprint density at radius 3 is 3.14 bits per heavy atom. The van der Waals surface area contributed by atoms with Crippen LogP contribution in [0.2, 0.25) is 0 Å². The molecule has 2 unspecified atom stereocenters. The smallest absolute Gasteiger partial charge is 0.0586 e. The van der Waals surface area contributed by atoms with E-state index in [0.717, 1.165) is 6.42 Å². The molecule has 0 aromatic heterocycles. The second-order valence-electron chi connectivity index (χ2n) is 3.58. The van der Waals surface area contributed by atoms with E-state index < -0.39 is 0 Å². The first kappa shape index (κ1) is 12.3. The van der Waals surface area contributed by atoms with Crippen molar-refractivity contribution in [3.8, 4) is 0 Å². The normalized spacial score (nSPS) is 25.0. The van der Waals surface area contributed by atoms with E-state index in [9.17, 15) is 0 Å². The molecule has 0 aliphatic carbocycles. The Balaban J connectivity index is 0.000000980. The molecule has 1 heterocycles. The molecule has 73 valence electrons. The fourth-order valence-electron chi connectivity index (χ4n) is 1.93. The van der Waals surface area contributed by atoms with Crippen molar-refractivity contribution in [2.75, 3.05) is 6.61 Å². The second-order valence-corrected chi connectivity index (χ2v) is 3.58. The minimum Gasteiger partial charge on any atom is -0.395 e. The maximum Gasteiger partial charge on any atom is 0.0586 e. The fraction of sp³-hybridized carbons (Fsp3) is 0.455. The minimum atomic E-state index is 0. The topological polar surface area (TPSA) is 32.3 Å². The third-order valence-electron chi connectivity index (χ3n) is 2.60. The van der Waals surface area contributed by atoms with Crippen LogP contribution in [0.25, 0.3) is 0 Å². The van der Waals surface area contributed by atoms with Crippen LogP contribution in [-0.4, -0.2) is 17.8 Å². The van der Waals surface area contributed by atoms with Crippen LogP contribution in [0.3, 0.4) is 0 Å². The number of benzene rings is 1. The molecule has 1 aliphatic rings. The summed E-state index contributed by atoms with van der Waals surface area (Å²) in [6, 6.07) is 9.83. The molecular formula is C11H14NOY-. The number of fused-ring (bicyclic) bond motifs is 1. The summed E-state index contributed by atoms with van der Waals surface area (Å²) >= 11 is 0. The number of nitrogens with one attached hydrogen (secondary N) is 1. The van der Waals surface area contributed by atoms with E-state index >= 15 is 0 Å². The minimum absolute atomic E-state index is 0. The van der Waals surface area contributed by atoms with Crippen LogP contribution >= 0.6 is 0 Å². The molecular weight excluding hydrogens is 251 g/mol. The first-order chi connectivity index (χ1) is 6.31. The largest absolute Gasteiger partial charge is 0.395 e. The Morgan fingerprint density at radius 1 is 1.64 bits per heavy atom. The zero-order valence-corrected chi connectivity index (χ0v) is 11.2. The first-order valence-electron chi connectivity index (χ1n) is 4.67. The predicted octanol–water partition coefficient (Wildman–Crippen LogP) is 1.05. The van der Waals surface area contributed by atoms with Crippen molar-refractivity contribution in [3.63, 3.8) is 0 Å². The molecule has 1 aromatic carbocycles. The summed E-state index contributed by atoms with van der Waals surface area (Å²) in [6.45, 7) is 2.32. The summed E-state index contributed by atoms with van der Waals surface area (Å²) in [5.74, 6) is 0. The molecule has 0 spiro atoms. The molecule has 3 heteroatoms. The van der Waals surface area contributed by atoms with Crippen molar-refractivity contribution < 1.29 is 37.8 Å². The van der Waals surface area contributed by atoms with Crippen LogP contribution in [0.1, 0.15) is 24.1 Å². The number of rotatable bonds is 1. The van der Waals surface area contributed by atoms with Crippen molar-refractivity contribution in [3.05, 3.63) is 35.4 Å². The first-order valence-corrected chi connectivity index (χ1v) is 4.67. The van der Waals surface area contributed by atoms with E-state index in [-0.39, 0.29) is 45.4 Å². The quantitative estimate of drug-likeness (QED) is 0.744. The van der Waals surface area contributed by atoms with E-state index in [4.69, 9.17) is 5.11 Å². The molecule has 2 rings (SSSR count). The summed E-state index contributed by atoms with van der Waals surface area (Å²) in [4.78, 5) is 0. The maximum atomic E-state index is 9.06. The SMILES string of the molecule is CC1NC(CO)Cc2[c-]cccc21.[Y]. The van der Waals surface area contributed by atoms with Gasteiger partial charge in [0.25, 0.3) is 0 Å². The Bertz CT molecular complexity index is 303. The van der Waals surface area contributed by atoms with E-state index in [0.29, 0.717) is 6.04 Å². The Morgan fingerprint density at radius 2 is 2.43 bits per heavy atom. The number of aliphatic hydroxyl groups excluding tert-OH is 1. The monoisotopic (exact) mass is 265 g/mol. The average molecular weight is 265 g/mol. The van der Waals surface area contributed by atoms with Gasteiger partial charge in [-0.05, 0) is 12.5 Å². The number of hydrogen-bond donors (Lipinski definition) is 2. The summed E-state index contributed by atoms with van der Waals surface area (Å²) in [7, 11) is 0. The van der Waals surface area contributed by atoms with Crippen LogP contribution in [-0.2, 0) is 39.1 Å². The zero-order valence-electron chi connectivity index (χ0n) is 8.33. The molecule has 0 fully saturated rings. The Labute approximate surface area is 110 Å². The van der Waals surface area contributed by atoms with Crippen molar-refractivity contribution in [1.29, 1.82) is 0 Å². The van der Waals surface area contributed by atoms with E-state index in [1.54, 1.807) is 0 Å². The second kappa shape index (κ2) is 5.36. The number of aliphatic hydroxyl groups is 1. The molecule has 2 atom stereocenters. The van der Waals surface area contributed by atoms with Crippen LogP contribution in [0.15, 0.2) is 18.2 Å². The molecule has 2 nitrogen and oxygen atoms in total. The van der Waals surface area contributed by atoms with Crippen molar-refractivity contribution in [2.24, 2.45) is 0 Å². The van der Waals surface area contributed by atoms with Gasteiger partial charge in [-0.3, -0.25) is 0 Å². The third kappa shape index (κ3) is 2.43. The van der Waals surface area contributed by atoms with Gasteiger partial charge in [0.2, 0.25) is 0 Å². The van der Waals surface area contributed by atoms with Crippen molar-refractivity contribution >= 4 is 0 Å². The Kier molecular flexibility index (Phi) is 4.72. The molecule has 1 radical (unpaired) electrons. The van der Waals surface area contributed by atoms with Gasteiger partial charge in [0.05, 0.1) is 6.61 Å². The van der Waals surface area contributed by atoms with E-state index in [1.165, 1.54) is 11.1 Å². The molecule has 0 saturated carbocycles. The zero-order chi connectivity index (χ0) is 9.26. The van der Waals surface area contributed by atoms with Gasteiger partial charge in [-0.1, -0.05) is 6.92 Å². The van der Waals surface area contributed by atoms with Crippen LogP contribution in [0.5, 0.6) is 0 Å². The van der Waals surface area contributed by atoms with Gasteiger partial charge in [0.1, 0.15) is 0 Å². The third-order valence-corrected chi connectivity index (χ3v) is 2.60. The van der Waals surface area contributed by atoms with E-state index in [2.05, 4.69) is 24.4 Å². The average Bonchev–Trinajstić information content (AvgIpc) is 2.18. The van der Waals surface area contributed by atoms with E-state index in [1.807, 2.05) is 12.1 Å². The van der Waals surface area contributed by atoms with Gasteiger partial charge in [0, 0.05) is 38.8 Å². The van der Waals surface area contributed by atoms with Crippen LogP contribution < -0.4 is 5.32 Å². The predicted molar refractivity (Wildman–Crippen MR) is 51.4 cm³/mol. The van der Waals surface area contributed by atoms with Gasteiger partial charge in [-0.25, -0.2) is 0 Å². The fourth-order valence-corrected chi connectivity index (χ4v) is 1.93. The standard InChI is InChI=1S/C11H14NO.Y/c1-8-11-5-3-2-4-9(11)6-10(7-13)12-8;/h2-3,5,8,10,12-13H,6-7H2,1H3;/q-1;. The molecule has 0 amide bonds. The molecule has 0 saturated heterocycles. The van der Waals surface area contributed by atoms with Gasteiger partial charge < -0.3 is 10.4 Å². The van der Waals surface area contributed by atoms with Gasteiger partial charge in [-0.2, -0.15) is 29.8 Å². The number of hydrogen-bond acceptors (Lipinski definition) is 2. The van der Waals surface area contributed by atoms with Crippen LogP contribution in [0.4, 0.5) is 0 Å². The molecule has 0 bridgehead atoms. The van der Waals surface area contributed by atoms with Gasteiger partial charge in [-0.15, -0.1) is 5.56 Å². The Hall–Kier alpha value is 0.244. The van der Waals surface area contributed by atoms with Gasteiger partial charge in [0.15, 0.2) is 0 Å². The van der Waals surface area contributed by atoms with Gasteiger partial charge >= 0.3 is 0 Å². The molecule has 14 heavy (non-hydrogen) atoms. The summed E-state index contributed by atoms with van der Waals surface area (Å²) < 4.78 is 0. The molecule has 2 N–H and O–H groups in total. The summed E-state index contributed by atoms with van der Waals surface area (Å²) in [5, 5.41) is 12.4. The van der Waals surface area contributed by atoms with Crippen LogP contribution in [0, 0.1) is 6.07 Å². The maximum absolute atomic E-state index is 9.06. The van der Waals surface area contributed by atoms with Crippen molar-refractivity contribution in [1.82, 2.24) is 5.32 Å². The molecule has 1 aromatic rings. The molecule has 1 aliphatic heterocycles.